The Bertz CT molecular complexity index is 493. The van der Waals surface area contributed by atoms with Gasteiger partial charge in [0.2, 0.25) is 5.12 Å². The molecule has 0 aliphatic rings. The van der Waals surface area contributed by atoms with E-state index in [2.05, 4.69) is 5.32 Å². The molecule has 0 unspecified atom stereocenters. The van der Waals surface area contributed by atoms with Crippen LogP contribution >= 0.6 is 23.5 Å². The normalized spacial score (nSPS) is 11.7. The third kappa shape index (κ3) is 6.68. The van der Waals surface area contributed by atoms with Gasteiger partial charge >= 0.3 is 5.97 Å². The summed E-state index contributed by atoms with van der Waals surface area (Å²) >= 11 is 2.28. The average Bonchev–Trinajstić information content (AvgIpc) is 2.49. The lowest BCUT2D eigenvalue weighted by Crippen LogP contribution is -2.40. The van der Waals surface area contributed by atoms with Crippen molar-refractivity contribution >= 4 is 40.5 Å². The molecule has 114 valence electrons. The van der Waals surface area contributed by atoms with Gasteiger partial charge in [0, 0.05) is 5.56 Å². The molecule has 7 heteroatoms. The zero-order valence-electron chi connectivity index (χ0n) is 11.6. The number of aliphatic carboxylic acids is 1. The van der Waals surface area contributed by atoms with Crippen molar-refractivity contribution in [2.45, 2.75) is 12.5 Å². The minimum atomic E-state index is -1.05. The van der Waals surface area contributed by atoms with Crippen LogP contribution in [0.3, 0.4) is 0 Å². The van der Waals surface area contributed by atoms with E-state index in [0.29, 0.717) is 17.7 Å². The number of carbonyl (C=O) groups excluding carboxylic acids is 2. The maximum absolute atomic E-state index is 12.1. The smallest absolute Gasteiger partial charge is 0.313 e. The molecule has 21 heavy (non-hydrogen) atoms. The molecule has 5 nitrogen and oxygen atoms in total. The Morgan fingerprint density at radius 2 is 1.90 bits per heavy atom. The molecule has 1 aromatic carbocycles. The van der Waals surface area contributed by atoms with Gasteiger partial charge in [-0.2, -0.15) is 11.8 Å². The topological polar surface area (TPSA) is 83.5 Å². The lowest BCUT2D eigenvalue weighted by Gasteiger charge is -2.16. The minimum Gasteiger partial charge on any atom is -0.481 e. The van der Waals surface area contributed by atoms with E-state index in [4.69, 9.17) is 5.11 Å². The molecule has 0 heterocycles. The molecule has 0 aromatic heterocycles. The third-order valence-corrected chi connectivity index (χ3v) is 4.18. The van der Waals surface area contributed by atoms with Gasteiger partial charge in [-0.05, 0) is 30.6 Å². The summed E-state index contributed by atoms with van der Waals surface area (Å²) < 4.78 is 0. The molecule has 0 saturated carbocycles. The highest BCUT2D eigenvalue weighted by Crippen LogP contribution is 2.12. The second-order valence-electron chi connectivity index (χ2n) is 4.17. The molecule has 0 spiro atoms. The molecule has 0 radical (unpaired) electrons. The Balaban J connectivity index is 2.66. The number of benzene rings is 1. The quantitative estimate of drug-likeness (QED) is 0.758. The maximum atomic E-state index is 12.1. The summed E-state index contributed by atoms with van der Waals surface area (Å²) in [6.07, 6.45) is 2.39. The van der Waals surface area contributed by atoms with Crippen molar-refractivity contribution in [1.82, 2.24) is 5.32 Å². The van der Waals surface area contributed by atoms with E-state index in [-0.39, 0.29) is 16.8 Å². The van der Waals surface area contributed by atoms with Crippen LogP contribution in [0.4, 0.5) is 0 Å². The second kappa shape index (κ2) is 9.46. The van der Waals surface area contributed by atoms with Crippen LogP contribution in [-0.4, -0.2) is 45.9 Å². The first-order chi connectivity index (χ1) is 10.0. The Morgan fingerprint density at radius 3 is 2.48 bits per heavy atom. The standard InChI is InChI=1S/C14H17NO4S2/c1-20-8-7-11(14(19)21-9-12(16)17)15-13(18)10-5-3-2-4-6-10/h2-6,11H,7-9H2,1H3,(H,15,18)(H,16,17)/t11-/m0/s1. The molecule has 0 saturated heterocycles. The van der Waals surface area contributed by atoms with Crippen molar-refractivity contribution in [3.8, 4) is 0 Å². The fourth-order valence-electron chi connectivity index (χ4n) is 1.55. The predicted molar refractivity (Wildman–Crippen MR) is 85.8 cm³/mol. The van der Waals surface area contributed by atoms with Gasteiger partial charge in [0.15, 0.2) is 0 Å². The molecule has 0 fully saturated rings. The number of nitrogens with one attached hydrogen (secondary N) is 1. The number of hydrogen-bond acceptors (Lipinski definition) is 5. The Morgan fingerprint density at radius 1 is 1.24 bits per heavy atom. The number of carboxylic acids is 1. The van der Waals surface area contributed by atoms with Crippen molar-refractivity contribution in [1.29, 1.82) is 0 Å². The van der Waals surface area contributed by atoms with Crippen LogP contribution in [0.5, 0.6) is 0 Å². The van der Waals surface area contributed by atoms with Crippen LogP contribution in [0, 0.1) is 0 Å². The lowest BCUT2D eigenvalue weighted by molar-refractivity contribution is -0.134. The van der Waals surface area contributed by atoms with Crippen LogP contribution < -0.4 is 5.32 Å². The van der Waals surface area contributed by atoms with Gasteiger partial charge < -0.3 is 10.4 Å². The van der Waals surface area contributed by atoms with Gasteiger partial charge in [-0.1, -0.05) is 30.0 Å². The molecule has 1 rings (SSSR count). The van der Waals surface area contributed by atoms with Crippen molar-refractivity contribution in [3.05, 3.63) is 35.9 Å². The van der Waals surface area contributed by atoms with Crippen LogP contribution in [0.2, 0.25) is 0 Å². The Hall–Kier alpha value is -1.47. The van der Waals surface area contributed by atoms with Gasteiger partial charge in [-0.15, -0.1) is 0 Å². The van der Waals surface area contributed by atoms with Gasteiger partial charge in [-0.3, -0.25) is 14.4 Å². The maximum Gasteiger partial charge on any atom is 0.313 e. The van der Waals surface area contributed by atoms with Crippen LogP contribution in [-0.2, 0) is 9.59 Å². The number of carbonyl (C=O) groups is 3. The third-order valence-electron chi connectivity index (χ3n) is 2.57. The highest BCUT2D eigenvalue weighted by molar-refractivity contribution is 8.14. The summed E-state index contributed by atoms with van der Waals surface area (Å²) in [5.41, 5.74) is 0.475. The molecule has 0 aliphatic heterocycles. The molecule has 0 aliphatic carbocycles. The first kappa shape index (κ1) is 17.6. The fraction of sp³-hybridized carbons (Fsp3) is 0.357. The van der Waals surface area contributed by atoms with Crippen molar-refractivity contribution in [2.24, 2.45) is 0 Å². The lowest BCUT2D eigenvalue weighted by atomic mass is 10.2. The molecule has 2 N–H and O–H groups in total. The Labute approximate surface area is 131 Å². The van der Waals surface area contributed by atoms with E-state index < -0.39 is 12.0 Å². The predicted octanol–water partition coefficient (Wildman–Crippen LogP) is 1.88. The molecule has 0 bridgehead atoms. The van der Waals surface area contributed by atoms with Gasteiger partial charge in [0.05, 0.1) is 11.8 Å². The summed E-state index contributed by atoms with van der Waals surface area (Å²) in [5, 5.41) is 11.0. The van der Waals surface area contributed by atoms with Gasteiger partial charge in [0.1, 0.15) is 0 Å². The van der Waals surface area contributed by atoms with Gasteiger partial charge in [0.25, 0.3) is 5.91 Å². The monoisotopic (exact) mass is 327 g/mol. The van der Waals surface area contributed by atoms with Crippen LogP contribution in [0.15, 0.2) is 30.3 Å². The minimum absolute atomic E-state index is 0.296. The fourth-order valence-corrected chi connectivity index (χ4v) is 2.66. The number of hydrogen-bond donors (Lipinski definition) is 2. The van der Waals surface area contributed by atoms with Crippen LogP contribution in [0.25, 0.3) is 0 Å². The highest BCUT2D eigenvalue weighted by atomic mass is 32.2. The average molecular weight is 327 g/mol. The zero-order valence-corrected chi connectivity index (χ0v) is 13.2. The van der Waals surface area contributed by atoms with E-state index in [1.165, 1.54) is 0 Å². The zero-order chi connectivity index (χ0) is 15.7. The first-order valence-electron chi connectivity index (χ1n) is 6.28. The summed E-state index contributed by atoms with van der Waals surface area (Å²) in [6.45, 7) is 0. The molecule has 1 atom stereocenters. The molecular formula is C14H17NO4S2. The summed E-state index contributed by atoms with van der Waals surface area (Å²) in [4.78, 5) is 34.6. The number of carboxylic acid groups (broad SMARTS) is 1. The largest absolute Gasteiger partial charge is 0.481 e. The van der Waals surface area contributed by atoms with E-state index in [1.807, 2.05) is 6.26 Å². The van der Waals surface area contributed by atoms with Crippen LogP contribution in [0.1, 0.15) is 16.8 Å². The van der Waals surface area contributed by atoms with Crippen molar-refractivity contribution in [3.63, 3.8) is 0 Å². The Kier molecular flexibility index (Phi) is 7.92. The number of thioether (sulfide) groups is 2. The molecule has 1 amide bonds. The van der Waals surface area contributed by atoms with E-state index in [0.717, 1.165) is 11.8 Å². The number of rotatable bonds is 8. The van der Waals surface area contributed by atoms with E-state index >= 15 is 0 Å². The van der Waals surface area contributed by atoms with E-state index in [9.17, 15) is 14.4 Å². The molecule has 1 aromatic rings. The number of amides is 1. The first-order valence-corrected chi connectivity index (χ1v) is 8.65. The summed E-state index contributed by atoms with van der Waals surface area (Å²) in [5.74, 6) is -0.966. The van der Waals surface area contributed by atoms with Crippen molar-refractivity contribution in [2.75, 3.05) is 17.8 Å². The summed E-state index contributed by atoms with van der Waals surface area (Å²) in [7, 11) is 0. The second-order valence-corrected chi connectivity index (χ2v) is 6.14. The van der Waals surface area contributed by atoms with Crippen molar-refractivity contribution < 1.29 is 19.5 Å². The SMILES string of the molecule is CSCC[C@H](NC(=O)c1ccccc1)C(=O)SCC(=O)O. The highest BCUT2D eigenvalue weighted by Gasteiger charge is 2.22. The molecular weight excluding hydrogens is 310 g/mol. The summed E-state index contributed by atoms with van der Waals surface area (Å²) in [6, 6.07) is 7.94. The van der Waals surface area contributed by atoms with E-state index in [1.54, 1.807) is 42.1 Å². The van der Waals surface area contributed by atoms with Gasteiger partial charge in [-0.25, -0.2) is 0 Å².